The molecule has 1 N–H and O–H groups in total. The summed E-state index contributed by atoms with van der Waals surface area (Å²) in [5.41, 5.74) is 1.06. The van der Waals surface area contributed by atoms with Crippen molar-refractivity contribution in [3.05, 3.63) is 88.9 Å². The van der Waals surface area contributed by atoms with Crippen molar-refractivity contribution in [3.8, 4) is 5.75 Å². The number of ether oxygens (including phenoxy) is 1. The number of anilines is 1. The molecule has 0 aliphatic heterocycles. The van der Waals surface area contributed by atoms with Crippen molar-refractivity contribution in [2.45, 2.75) is 37.8 Å². The topological polar surface area (TPSA) is 96.0 Å². The summed E-state index contributed by atoms with van der Waals surface area (Å²) >= 11 is 3.39. The Morgan fingerprint density at radius 3 is 2.37 bits per heavy atom. The first kappa shape index (κ1) is 29.2. The van der Waals surface area contributed by atoms with Crippen LogP contribution in [-0.2, 0) is 26.2 Å². The van der Waals surface area contributed by atoms with E-state index >= 15 is 0 Å². The fourth-order valence-electron chi connectivity index (χ4n) is 3.83. The third kappa shape index (κ3) is 7.35. The number of hydrogen-bond acceptors (Lipinski definition) is 5. The van der Waals surface area contributed by atoms with Crippen molar-refractivity contribution in [1.29, 1.82) is 0 Å². The second-order valence-corrected chi connectivity index (χ2v) is 11.4. The van der Waals surface area contributed by atoms with E-state index < -0.39 is 28.5 Å². The Hall–Kier alpha value is -3.37. The third-order valence-electron chi connectivity index (χ3n) is 5.91. The van der Waals surface area contributed by atoms with Crippen molar-refractivity contribution in [2.75, 3.05) is 24.5 Å². The zero-order chi connectivity index (χ0) is 27.7. The Labute approximate surface area is 232 Å². The second-order valence-electron chi connectivity index (χ2n) is 8.64. The molecular formula is C28H32BrN3O5S. The van der Waals surface area contributed by atoms with Gasteiger partial charge < -0.3 is 15.0 Å². The van der Waals surface area contributed by atoms with Gasteiger partial charge in [-0.3, -0.25) is 13.9 Å². The molecule has 0 bridgehead atoms. The van der Waals surface area contributed by atoms with Crippen LogP contribution in [0.15, 0.2) is 88.2 Å². The predicted octanol–water partition coefficient (Wildman–Crippen LogP) is 4.60. The van der Waals surface area contributed by atoms with Crippen molar-refractivity contribution < 1.29 is 22.7 Å². The minimum atomic E-state index is -4.10. The molecule has 202 valence electrons. The van der Waals surface area contributed by atoms with E-state index in [4.69, 9.17) is 4.74 Å². The zero-order valence-electron chi connectivity index (χ0n) is 21.6. The van der Waals surface area contributed by atoms with E-state index in [1.165, 1.54) is 17.0 Å². The number of halogens is 1. The van der Waals surface area contributed by atoms with Crippen LogP contribution >= 0.6 is 15.9 Å². The Bertz CT molecular complexity index is 1350. The largest absolute Gasteiger partial charge is 0.497 e. The van der Waals surface area contributed by atoms with Gasteiger partial charge in [0.2, 0.25) is 11.8 Å². The van der Waals surface area contributed by atoms with Gasteiger partial charge in [0.15, 0.2) is 0 Å². The highest BCUT2D eigenvalue weighted by Gasteiger charge is 2.32. The van der Waals surface area contributed by atoms with Crippen LogP contribution in [0, 0.1) is 0 Å². The average Bonchev–Trinajstić information content (AvgIpc) is 2.93. The molecule has 3 aromatic rings. The van der Waals surface area contributed by atoms with Gasteiger partial charge in [-0.1, -0.05) is 59.3 Å². The summed E-state index contributed by atoms with van der Waals surface area (Å²) in [6.07, 6.45) is 0.744. The lowest BCUT2D eigenvalue weighted by Gasteiger charge is -2.32. The van der Waals surface area contributed by atoms with Crippen molar-refractivity contribution in [3.63, 3.8) is 0 Å². The number of nitrogens with one attached hydrogen (secondary N) is 1. The fourth-order valence-corrected chi connectivity index (χ4v) is 5.64. The lowest BCUT2D eigenvalue weighted by Crippen LogP contribution is -2.51. The van der Waals surface area contributed by atoms with E-state index in [2.05, 4.69) is 21.2 Å². The van der Waals surface area contributed by atoms with Crippen molar-refractivity contribution >= 4 is 43.5 Å². The highest BCUT2D eigenvalue weighted by Crippen LogP contribution is 2.27. The van der Waals surface area contributed by atoms with E-state index in [-0.39, 0.29) is 17.3 Å². The van der Waals surface area contributed by atoms with Gasteiger partial charge in [0, 0.05) is 17.6 Å². The highest BCUT2D eigenvalue weighted by molar-refractivity contribution is 9.10. The predicted molar refractivity (Wildman–Crippen MR) is 151 cm³/mol. The van der Waals surface area contributed by atoms with Gasteiger partial charge in [0.05, 0.1) is 17.7 Å². The molecule has 0 aliphatic carbocycles. The summed E-state index contributed by atoms with van der Waals surface area (Å²) in [7, 11) is -2.55. The molecule has 2 amide bonds. The average molecular weight is 603 g/mol. The SMILES string of the molecule is CCCNC(=O)[C@@H](C)N(Cc1cccc(OC)c1)C(=O)CN(c1cccc(Br)c1)S(=O)(=O)c1ccccc1. The normalized spacial score (nSPS) is 11.9. The standard InChI is InChI=1S/C28H32BrN3O5S/c1-4-16-30-28(34)21(2)31(19-22-10-8-13-25(17-22)37-3)27(33)20-32(24-12-9-11-23(29)18-24)38(35,36)26-14-6-5-7-15-26/h5-15,17-18,21H,4,16,19-20H2,1-3H3,(H,30,34)/t21-/m1/s1. The number of sulfonamides is 1. The van der Waals surface area contributed by atoms with E-state index in [0.717, 1.165) is 16.3 Å². The molecule has 10 heteroatoms. The number of carbonyl (C=O) groups excluding carboxylic acids is 2. The van der Waals surface area contributed by atoms with Gasteiger partial charge in [0.25, 0.3) is 10.0 Å². The molecule has 1 atom stereocenters. The molecule has 0 unspecified atom stereocenters. The molecule has 3 aromatic carbocycles. The number of methoxy groups -OCH3 is 1. The van der Waals surface area contributed by atoms with E-state index in [9.17, 15) is 18.0 Å². The first-order valence-electron chi connectivity index (χ1n) is 12.2. The summed E-state index contributed by atoms with van der Waals surface area (Å²) < 4.78 is 34.5. The molecular weight excluding hydrogens is 570 g/mol. The van der Waals surface area contributed by atoms with Gasteiger partial charge in [-0.15, -0.1) is 0 Å². The Kier molecular flexibility index (Phi) is 10.3. The van der Waals surface area contributed by atoms with Gasteiger partial charge in [-0.05, 0) is 61.4 Å². The molecule has 0 fully saturated rings. The monoisotopic (exact) mass is 601 g/mol. The summed E-state index contributed by atoms with van der Waals surface area (Å²) in [6.45, 7) is 3.64. The van der Waals surface area contributed by atoms with Gasteiger partial charge in [-0.25, -0.2) is 8.42 Å². The number of rotatable bonds is 12. The van der Waals surface area contributed by atoms with Gasteiger partial charge in [-0.2, -0.15) is 0 Å². The number of benzene rings is 3. The lowest BCUT2D eigenvalue weighted by atomic mass is 10.1. The quantitative estimate of drug-likeness (QED) is 0.327. The van der Waals surface area contributed by atoms with Crippen LogP contribution in [0.1, 0.15) is 25.8 Å². The van der Waals surface area contributed by atoms with Gasteiger partial charge >= 0.3 is 0 Å². The van der Waals surface area contributed by atoms with Crippen molar-refractivity contribution in [2.24, 2.45) is 0 Å². The number of carbonyl (C=O) groups is 2. The first-order valence-corrected chi connectivity index (χ1v) is 14.4. The first-order chi connectivity index (χ1) is 18.2. The summed E-state index contributed by atoms with van der Waals surface area (Å²) in [5, 5.41) is 2.83. The lowest BCUT2D eigenvalue weighted by molar-refractivity contribution is -0.139. The smallest absolute Gasteiger partial charge is 0.264 e. The summed E-state index contributed by atoms with van der Waals surface area (Å²) in [5.74, 6) is -0.227. The minimum Gasteiger partial charge on any atom is -0.497 e. The number of nitrogens with zero attached hydrogens (tertiary/aromatic N) is 2. The van der Waals surface area contributed by atoms with E-state index in [1.54, 1.807) is 74.7 Å². The molecule has 0 heterocycles. The Morgan fingerprint density at radius 1 is 1.00 bits per heavy atom. The van der Waals surface area contributed by atoms with Crippen LogP contribution in [0.5, 0.6) is 5.75 Å². The molecule has 3 rings (SSSR count). The Balaban J connectivity index is 2.01. The van der Waals surface area contributed by atoms with Crippen LogP contribution in [-0.4, -0.2) is 51.4 Å². The van der Waals surface area contributed by atoms with Crippen LogP contribution < -0.4 is 14.4 Å². The van der Waals surface area contributed by atoms with Crippen molar-refractivity contribution in [1.82, 2.24) is 10.2 Å². The number of hydrogen-bond donors (Lipinski definition) is 1. The molecule has 38 heavy (non-hydrogen) atoms. The maximum Gasteiger partial charge on any atom is 0.264 e. The maximum absolute atomic E-state index is 13.9. The van der Waals surface area contributed by atoms with Crippen LogP contribution in [0.3, 0.4) is 0 Å². The van der Waals surface area contributed by atoms with E-state index in [0.29, 0.717) is 22.5 Å². The zero-order valence-corrected chi connectivity index (χ0v) is 24.0. The Morgan fingerprint density at radius 2 is 1.71 bits per heavy atom. The number of amides is 2. The molecule has 0 spiro atoms. The minimum absolute atomic E-state index is 0.0564. The highest BCUT2D eigenvalue weighted by atomic mass is 79.9. The molecule has 0 radical (unpaired) electrons. The second kappa shape index (κ2) is 13.4. The fraction of sp³-hybridized carbons (Fsp3) is 0.286. The molecule has 8 nitrogen and oxygen atoms in total. The summed E-state index contributed by atoms with van der Waals surface area (Å²) in [6, 6.07) is 21.0. The van der Waals surface area contributed by atoms with Gasteiger partial charge in [0.1, 0.15) is 18.3 Å². The third-order valence-corrected chi connectivity index (χ3v) is 8.19. The molecule has 0 aliphatic rings. The molecule has 0 saturated carbocycles. The van der Waals surface area contributed by atoms with E-state index in [1.807, 2.05) is 13.0 Å². The maximum atomic E-state index is 13.9. The molecule has 0 saturated heterocycles. The molecule has 0 aromatic heterocycles. The van der Waals surface area contributed by atoms with Crippen LogP contribution in [0.2, 0.25) is 0 Å². The van der Waals surface area contributed by atoms with Crippen LogP contribution in [0.4, 0.5) is 5.69 Å². The van der Waals surface area contributed by atoms with Crippen LogP contribution in [0.25, 0.3) is 0 Å². The summed E-state index contributed by atoms with van der Waals surface area (Å²) in [4.78, 5) is 28.2.